The highest BCUT2D eigenvalue weighted by Crippen LogP contribution is 2.34. The number of fused-ring (bicyclic) bond motifs is 1. The van der Waals surface area contributed by atoms with Crippen LogP contribution in [-0.4, -0.2) is 50.9 Å². The van der Waals surface area contributed by atoms with Gasteiger partial charge in [0.15, 0.2) is 0 Å². The summed E-state index contributed by atoms with van der Waals surface area (Å²) in [5, 5.41) is 19.6. The fraction of sp³-hybridized carbons (Fsp3) is 0.294. The third-order valence-electron chi connectivity index (χ3n) is 4.24. The predicted octanol–water partition coefficient (Wildman–Crippen LogP) is 1.15. The van der Waals surface area contributed by atoms with Crippen molar-refractivity contribution in [3.8, 4) is 17.3 Å². The number of nitriles is 1. The van der Waals surface area contributed by atoms with Gasteiger partial charge in [-0.1, -0.05) is 6.07 Å². The number of ether oxygens (including phenoxy) is 1. The van der Waals surface area contributed by atoms with Crippen molar-refractivity contribution in [3.05, 3.63) is 36.4 Å². The number of morpholine rings is 1. The molecule has 0 bridgehead atoms. The minimum Gasteiger partial charge on any atom is -0.378 e. The summed E-state index contributed by atoms with van der Waals surface area (Å²) in [6, 6.07) is 7.35. The molecular weight excluding hydrogens is 320 g/mol. The minimum absolute atomic E-state index is 0.200. The van der Waals surface area contributed by atoms with Crippen molar-refractivity contribution >= 4 is 16.9 Å². The first kappa shape index (κ1) is 15.5. The molecule has 3 aromatic rings. The molecule has 8 nitrogen and oxygen atoms in total. The SMILES string of the molecule is N#Cc1cccc(-c2cn(CO)c3ncnc(N4CCOCC4)c23)n1. The number of nitrogens with zero attached hydrogens (tertiary/aromatic N) is 6. The standard InChI is InChI=1S/C17H16N6O2/c18-8-12-2-1-3-14(21-12)13-9-23(11-24)17-15(13)16(19-10-20-17)22-4-6-25-7-5-22/h1-3,9-10,24H,4-7,11H2. The van der Waals surface area contributed by atoms with E-state index in [4.69, 9.17) is 10.00 Å². The lowest BCUT2D eigenvalue weighted by atomic mass is 10.1. The van der Waals surface area contributed by atoms with Crippen molar-refractivity contribution < 1.29 is 9.84 Å². The lowest BCUT2D eigenvalue weighted by Crippen LogP contribution is -2.36. The first-order chi connectivity index (χ1) is 12.3. The summed E-state index contributed by atoms with van der Waals surface area (Å²) in [5.41, 5.74) is 2.43. The zero-order valence-electron chi connectivity index (χ0n) is 13.5. The highest BCUT2D eigenvalue weighted by molar-refractivity contribution is 6.01. The summed E-state index contributed by atoms with van der Waals surface area (Å²) in [7, 11) is 0. The van der Waals surface area contributed by atoms with E-state index in [1.54, 1.807) is 22.9 Å². The molecule has 1 aliphatic heterocycles. The summed E-state index contributed by atoms with van der Waals surface area (Å²) >= 11 is 0. The molecule has 0 radical (unpaired) electrons. The Bertz CT molecular complexity index is 955. The third kappa shape index (κ3) is 2.69. The van der Waals surface area contributed by atoms with E-state index < -0.39 is 0 Å². The summed E-state index contributed by atoms with van der Waals surface area (Å²) in [6.07, 6.45) is 3.30. The van der Waals surface area contributed by atoms with Crippen molar-refractivity contribution in [2.75, 3.05) is 31.2 Å². The Morgan fingerprint density at radius 1 is 1.24 bits per heavy atom. The molecule has 3 aromatic heterocycles. The van der Waals surface area contributed by atoms with Crippen LogP contribution in [0.5, 0.6) is 0 Å². The summed E-state index contributed by atoms with van der Waals surface area (Å²) < 4.78 is 7.08. The van der Waals surface area contributed by atoms with E-state index in [-0.39, 0.29) is 6.73 Å². The summed E-state index contributed by atoms with van der Waals surface area (Å²) in [6.45, 7) is 2.56. The first-order valence-corrected chi connectivity index (χ1v) is 7.96. The minimum atomic E-state index is -0.200. The zero-order valence-corrected chi connectivity index (χ0v) is 13.5. The van der Waals surface area contributed by atoms with Crippen LogP contribution in [0, 0.1) is 11.3 Å². The topological polar surface area (TPSA) is 100 Å². The van der Waals surface area contributed by atoms with E-state index in [0.717, 1.165) is 29.9 Å². The molecule has 4 heterocycles. The molecule has 1 aliphatic rings. The van der Waals surface area contributed by atoms with Gasteiger partial charge < -0.3 is 19.3 Å². The van der Waals surface area contributed by atoms with Crippen LogP contribution in [0.2, 0.25) is 0 Å². The van der Waals surface area contributed by atoms with Crippen LogP contribution in [0.4, 0.5) is 5.82 Å². The Morgan fingerprint density at radius 2 is 2.08 bits per heavy atom. The summed E-state index contributed by atoms with van der Waals surface area (Å²) in [4.78, 5) is 15.4. The molecule has 0 atom stereocenters. The lowest BCUT2D eigenvalue weighted by Gasteiger charge is -2.28. The average molecular weight is 336 g/mol. The number of anilines is 1. The molecule has 126 valence electrons. The van der Waals surface area contributed by atoms with E-state index in [2.05, 4.69) is 25.9 Å². The number of hydrogen-bond acceptors (Lipinski definition) is 7. The van der Waals surface area contributed by atoms with E-state index in [9.17, 15) is 5.11 Å². The molecule has 1 fully saturated rings. The van der Waals surface area contributed by atoms with Crippen molar-refractivity contribution in [2.45, 2.75) is 6.73 Å². The normalized spacial score (nSPS) is 14.6. The zero-order chi connectivity index (χ0) is 17.2. The molecule has 8 heteroatoms. The molecule has 1 saturated heterocycles. The lowest BCUT2D eigenvalue weighted by molar-refractivity contribution is 0.122. The van der Waals surface area contributed by atoms with Gasteiger partial charge >= 0.3 is 0 Å². The molecule has 1 N–H and O–H groups in total. The Hall–Kier alpha value is -3.02. The second-order valence-electron chi connectivity index (χ2n) is 5.67. The van der Waals surface area contributed by atoms with E-state index in [1.165, 1.54) is 6.33 Å². The number of aliphatic hydroxyl groups is 1. The number of aliphatic hydroxyl groups excluding tert-OH is 1. The highest BCUT2D eigenvalue weighted by Gasteiger charge is 2.22. The second-order valence-corrected chi connectivity index (χ2v) is 5.67. The Labute approximate surface area is 143 Å². The van der Waals surface area contributed by atoms with Crippen LogP contribution >= 0.6 is 0 Å². The van der Waals surface area contributed by atoms with Gasteiger partial charge in [-0.3, -0.25) is 0 Å². The number of pyridine rings is 1. The Balaban J connectivity index is 1.95. The molecule has 0 aromatic carbocycles. The molecule has 0 aliphatic carbocycles. The van der Waals surface area contributed by atoms with Crippen molar-refractivity contribution in [1.82, 2.24) is 19.5 Å². The van der Waals surface area contributed by atoms with Crippen LogP contribution in [-0.2, 0) is 11.5 Å². The van der Waals surface area contributed by atoms with Gasteiger partial charge in [0.05, 0.1) is 24.3 Å². The van der Waals surface area contributed by atoms with Gasteiger partial charge in [0.2, 0.25) is 0 Å². The van der Waals surface area contributed by atoms with Crippen LogP contribution in [0.25, 0.3) is 22.3 Å². The second kappa shape index (κ2) is 6.47. The van der Waals surface area contributed by atoms with E-state index >= 15 is 0 Å². The van der Waals surface area contributed by atoms with E-state index in [1.807, 2.05) is 6.07 Å². The molecular formula is C17H16N6O2. The first-order valence-electron chi connectivity index (χ1n) is 7.96. The van der Waals surface area contributed by atoms with Crippen molar-refractivity contribution in [1.29, 1.82) is 5.26 Å². The predicted molar refractivity (Wildman–Crippen MR) is 90.7 cm³/mol. The van der Waals surface area contributed by atoms with Gasteiger partial charge in [0.1, 0.15) is 36.3 Å². The Kier molecular flexibility index (Phi) is 4.01. The maximum absolute atomic E-state index is 9.69. The largest absolute Gasteiger partial charge is 0.378 e. The molecule has 0 spiro atoms. The van der Waals surface area contributed by atoms with Gasteiger partial charge in [0.25, 0.3) is 0 Å². The summed E-state index contributed by atoms with van der Waals surface area (Å²) in [5.74, 6) is 0.791. The fourth-order valence-corrected chi connectivity index (χ4v) is 3.07. The molecule has 4 rings (SSSR count). The van der Waals surface area contributed by atoms with Gasteiger partial charge in [-0.05, 0) is 12.1 Å². The van der Waals surface area contributed by atoms with Crippen LogP contribution in [0.3, 0.4) is 0 Å². The molecule has 0 amide bonds. The van der Waals surface area contributed by atoms with Crippen LogP contribution < -0.4 is 4.90 Å². The van der Waals surface area contributed by atoms with Gasteiger partial charge in [0, 0.05) is 24.8 Å². The molecule has 0 unspecified atom stereocenters. The third-order valence-corrected chi connectivity index (χ3v) is 4.24. The maximum atomic E-state index is 9.69. The van der Waals surface area contributed by atoms with Gasteiger partial charge in [-0.15, -0.1) is 0 Å². The average Bonchev–Trinajstić information content (AvgIpc) is 3.07. The number of rotatable bonds is 3. The fourth-order valence-electron chi connectivity index (χ4n) is 3.07. The molecule has 0 saturated carbocycles. The van der Waals surface area contributed by atoms with Crippen molar-refractivity contribution in [2.24, 2.45) is 0 Å². The van der Waals surface area contributed by atoms with Crippen LogP contribution in [0.1, 0.15) is 5.69 Å². The van der Waals surface area contributed by atoms with Gasteiger partial charge in [-0.2, -0.15) is 5.26 Å². The highest BCUT2D eigenvalue weighted by atomic mass is 16.5. The quantitative estimate of drug-likeness (QED) is 0.766. The monoisotopic (exact) mass is 336 g/mol. The number of hydrogen-bond donors (Lipinski definition) is 1. The van der Waals surface area contributed by atoms with Crippen LogP contribution in [0.15, 0.2) is 30.7 Å². The van der Waals surface area contributed by atoms with Gasteiger partial charge in [-0.25, -0.2) is 15.0 Å². The maximum Gasteiger partial charge on any atom is 0.148 e. The molecule has 25 heavy (non-hydrogen) atoms. The smallest absolute Gasteiger partial charge is 0.148 e. The van der Waals surface area contributed by atoms with Crippen molar-refractivity contribution in [3.63, 3.8) is 0 Å². The van der Waals surface area contributed by atoms with E-state index in [0.29, 0.717) is 30.2 Å². The number of aromatic nitrogens is 4. The Morgan fingerprint density at radius 3 is 2.84 bits per heavy atom.